The highest BCUT2D eigenvalue weighted by Gasteiger charge is 2.21. The minimum absolute atomic E-state index is 0.0985. The van der Waals surface area contributed by atoms with Crippen molar-refractivity contribution in [2.45, 2.75) is 26.7 Å². The summed E-state index contributed by atoms with van der Waals surface area (Å²) in [6.45, 7) is 6.39. The average Bonchev–Trinajstić information content (AvgIpc) is 2.27. The first-order valence-corrected chi connectivity index (χ1v) is 6.12. The number of hydrogen-bond donors (Lipinski definition) is 1. The van der Waals surface area contributed by atoms with Gasteiger partial charge in [-0.2, -0.15) is 0 Å². The van der Waals surface area contributed by atoms with Crippen molar-refractivity contribution in [2.75, 3.05) is 13.1 Å². The van der Waals surface area contributed by atoms with Crippen LogP contribution in [0.3, 0.4) is 0 Å². The van der Waals surface area contributed by atoms with Crippen LogP contribution in [0.4, 0.5) is 4.39 Å². The Morgan fingerprint density at radius 1 is 1.44 bits per heavy atom. The van der Waals surface area contributed by atoms with Crippen molar-refractivity contribution in [1.82, 2.24) is 5.32 Å². The first-order chi connectivity index (χ1) is 7.66. The zero-order valence-corrected chi connectivity index (χ0v) is 10.1. The van der Waals surface area contributed by atoms with Crippen LogP contribution in [0, 0.1) is 24.6 Å². The molecule has 0 aromatic heterocycles. The summed E-state index contributed by atoms with van der Waals surface area (Å²) in [7, 11) is 0. The van der Waals surface area contributed by atoms with E-state index in [-0.39, 0.29) is 5.82 Å². The molecular weight excluding hydrogens is 201 g/mol. The molecule has 2 atom stereocenters. The van der Waals surface area contributed by atoms with Crippen LogP contribution in [0.5, 0.6) is 0 Å². The number of piperidine rings is 1. The fourth-order valence-corrected chi connectivity index (χ4v) is 2.46. The predicted molar refractivity (Wildman–Crippen MR) is 65.0 cm³/mol. The third-order valence-electron chi connectivity index (χ3n) is 3.71. The van der Waals surface area contributed by atoms with Crippen LogP contribution in [0.2, 0.25) is 0 Å². The Labute approximate surface area is 97.1 Å². The zero-order chi connectivity index (χ0) is 11.5. The van der Waals surface area contributed by atoms with Crippen molar-refractivity contribution in [3.63, 3.8) is 0 Å². The Morgan fingerprint density at radius 3 is 2.94 bits per heavy atom. The van der Waals surface area contributed by atoms with Gasteiger partial charge in [-0.15, -0.1) is 0 Å². The fraction of sp³-hybridized carbons (Fsp3) is 0.571. The lowest BCUT2D eigenvalue weighted by atomic mass is 9.83. The van der Waals surface area contributed by atoms with Crippen LogP contribution in [0.1, 0.15) is 24.5 Å². The molecule has 1 N–H and O–H groups in total. The molecule has 0 aliphatic carbocycles. The normalized spacial score (nSPS) is 25.7. The van der Waals surface area contributed by atoms with Gasteiger partial charge in [-0.25, -0.2) is 4.39 Å². The molecule has 1 nitrogen and oxygen atoms in total. The van der Waals surface area contributed by atoms with Gasteiger partial charge in [0.1, 0.15) is 5.82 Å². The molecule has 16 heavy (non-hydrogen) atoms. The molecule has 2 heteroatoms. The van der Waals surface area contributed by atoms with E-state index in [1.165, 1.54) is 12.0 Å². The molecule has 0 spiro atoms. The van der Waals surface area contributed by atoms with Gasteiger partial charge in [-0.05, 0) is 61.9 Å². The first kappa shape index (κ1) is 11.6. The summed E-state index contributed by atoms with van der Waals surface area (Å²) in [5, 5.41) is 3.44. The molecule has 88 valence electrons. The van der Waals surface area contributed by atoms with E-state index in [0.29, 0.717) is 5.92 Å². The highest BCUT2D eigenvalue weighted by molar-refractivity contribution is 5.24. The molecule has 1 aliphatic heterocycles. The van der Waals surface area contributed by atoms with E-state index in [1.54, 1.807) is 6.07 Å². The van der Waals surface area contributed by atoms with Gasteiger partial charge in [0.15, 0.2) is 0 Å². The summed E-state index contributed by atoms with van der Waals surface area (Å²) in [6, 6.07) is 5.49. The topological polar surface area (TPSA) is 12.0 Å². The second-order valence-electron chi connectivity index (χ2n) is 5.02. The maximum atomic E-state index is 13.1. The van der Waals surface area contributed by atoms with Crippen molar-refractivity contribution in [1.29, 1.82) is 0 Å². The van der Waals surface area contributed by atoms with E-state index in [2.05, 4.69) is 12.2 Å². The Hall–Kier alpha value is -0.890. The van der Waals surface area contributed by atoms with Gasteiger partial charge < -0.3 is 5.32 Å². The summed E-state index contributed by atoms with van der Waals surface area (Å²) < 4.78 is 13.1. The fourth-order valence-electron chi connectivity index (χ4n) is 2.46. The van der Waals surface area contributed by atoms with Crippen LogP contribution in [-0.4, -0.2) is 13.1 Å². The molecule has 1 fully saturated rings. The molecule has 0 saturated carbocycles. The zero-order valence-electron chi connectivity index (χ0n) is 10.1. The van der Waals surface area contributed by atoms with Gasteiger partial charge in [-0.3, -0.25) is 0 Å². The Morgan fingerprint density at radius 2 is 2.25 bits per heavy atom. The van der Waals surface area contributed by atoms with Gasteiger partial charge in [0.25, 0.3) is 0 Å². The van der Waals surface area contributed by atoms with E-state index in [9.17, 15) is 4.39 Å². The molecule has 1 aromatic rings. The Kier molecular flexibility index (Phi) is 3.59. The second kappa shape index (κ2) is 4.96. The van der Waals surface area contributed by atoms with E-state index in [4.69, 9.17) is 0 Å². The molecule has 0 amide bonds. The van der Waals surface area contributed by atoms with Crippen molar-refractivity contribution in [3.05, 3.63) is 35.1 Å². The molecule has 1 saturated heterocycles. The lowest BCUT2D eigenvalue weighted by Gasteiger charge is -2.29. The standard InChI is InChI=1S/C14H20FN/c1-10-5-6-16-9-13(10)8-12-3-4-14(15)11(2)7-12/h3-4,7,10,13,16H,5-6,8-9H2,1-2H3. The number of rotatable bonds is 2. The number of hydrogen-bond acceptors (Lipinski definition) is 1. The van der Waals surface area contributed by atoms with Crippen molar-refractivity contribution in [3.8, 4) is 0 Å². The summed E-state index contributed by atoms with van der Waals surface area (Å²) in [5.74, 6) is 1.36. The van der Waals surface area contributed by atoms with Crippen LogP contribution in [0.15, 0.2) is 18.2 Å². The van der Waals surface area contributed by atoms with Crippen molar-refractivity contribution >= 4 is 0 Å². The molecule has 0 bridgehead atoms. The number of halogens is 1. The smallest absolute Gasteiger partial charge is 0.126 e. The van der Waals surface area contributed by atoms with E-state index < -0.39 is 0 Å². The maximum Gasteiger partial charge on any atom is 0.126 e. The number of benzene rings is 1. The monoisotopic (exact) mass is 221 g/mol. The number of nitrogens with one attached hydrogen (secondary N) is 1. The lowest BCUT2D eigenvalue weighted by Crippen LogP contribution is -2.36. The number of aryl methyl sites for hydroxylation is 1. The molecule has 2 rings (SSSR count). The van der Waals surface area contributed by atoms with Crippen LogP contribution in [0.25, 0.3) is 0 Å². The van der Waals surface area contributed by atoms with Gasteiger partial charge in [0.2, 0.25) is 0 Å². The molecule has 0 radical (unpaired) electrons. The summed E-state index contributed by atoms with van der Waals surface area (Å²) in [6.07, 6.45) is 2.32. The molecular formula is C14H20FN. The van der Waals surface area contributed by atoms with Gasteiger partial charge in [-0.1, -0.05) is 19.1 Å². The van der Waals surface area contributed by atoms with Gasteiger partial charge in [0, 0.05) is 0 Å². The van der Waals surface area contributed by atoms with Crippen LogP contribution in [-0.2, 0) is 6.42 Å². The maximum absolute atomic E-state index is 13.1. The van der Waals surface area contributed by atoms with Gasteiger partial charge in [0.05, 0.1) is 0 Å². The summed E-state index contributed by atoms with van der Waals surface area (Å²) >= 11 is 0. The average molecular weight is 221 g/mol. The van der Waals surface area contributed by atoms with E-state index in [0.717, 1.165) is 31.0 Å². The van der Waals surface area contributed by atoms with Gasteiger partial charge >= 0.3 is 0 Å². The SMILES string of the molecule is Cc1cc(CC2CNCCC2C)ccc1F. The summed E-state index contributed by atoms with van der Waals surface area (Å²) in [5.41, 5.74) is 2.02. The first-order valence-electron chi connectivity index (χ1n) is 6.12. The minimum Gasteiger partial charge on any atom is -0.316 e. The largest absolute Gasteiger partial charge is 0.316 e. The van der Waals surface area contributed by atoms with E-state index >= 15 is 0 Å². The Bertz CT molecular complexity index is 362. The van der Waals surface area contributed by atoms with Crippen LogP contribution < -0.4 is 5.32 Å². The molecule has 2 unspecified atom stereocenters. The van der Waals surface area contributed by atoms with Crippen molar-refractivity contribution < 1.29 is 4.39 Å². The molecule has 1 heterocycles. The lowest BCUT2D eigenvalue weighted by molar-refractivity contribution is 0.272. The second-order valence-corrected chi connectivity index (χ2v) is 5.02. The summed E-state index contributed by atoms with van der Waals surface area (Å²) in [4.78, 5) is 0. The minimum atomic E-state index is -0.0985. The van der Waals surface area contributed by atoms with Crippen molar-refractivity contribution in [2.24, 2.45) is 11.8 Å². The predicted octanol–water partition coefficient (Wildman–Crippen LogP) is 2.92. The van der Waals surface area contributed by atoms with E-state index in [1.807, 2.05) is 19.1 Å². The molecule has 1 aliphatic rings. The third kappa shape index (κ3) is 2.62. The van der Waals surface area contributed by atoms with Crippen LogP contribution >= 0.6 is 0 Å². The third-order valence-corrected chi connectivity index (χ3v) is 3.71. The highest BCUT2D eigenvalue weighted by atomic mass is 19.1. The Balaban J connectivity index is 2.05. The molecule has 1 aromatic carbocycles. The highest BCUT2D eigenvalue weighted by Crippen LogP contribution is 2.23. The quantitative estimate of drug-likeness (QED) is 0.809.